The van der Waals surface area contributed by atoms with E-state index in [9.17, 15) is 9.59 Å². The number of piperidine rings is 1. The van der Waals surface area contributed by atoms with Gasteiger partial charge in [0.2, 0.25) is 11.8 Å². The molecule has 1 amide bonds. The minimum atomic E-state index is -0.498. The van der Waals surface area contributed by atoms with Crippen molar-refractivity contribution in [3.8, 4) is 0 Å². The number of carbonyl (C=O) groups excluding carboxylic acids is 1. The van der Waals surface area contributed by atoms with E-state index in [-0.39, 0.29) is 11.8 Å². The third-order valence-electron chi connectivity index (χ3n) is 5.14. The first kappa shape index (κ1) is 13.4. The number of H-pyrrole nitrogens is 1. The molecule has 2 saturated heterocycles. The second-order valence-corrected chi connectivity index (χ2v) is 7.63. The summed E-state index contributed by atoms with van der Waals surface area (Å²) >= 11 is 2.00. The summed E-state index contributed by atoms with van der Waals surface area (Å²) in [6, 6.07) is 0. The van der Waals surface area contributed by atoms with Gasteiger partial charge in [0.05, 0.1) is 0 Å². The van der Waals surface area contributed by atoms with Crippen LogP contribution >= 0.6 is 11.8 Å². The molecule has 0 bridgehead atoms. The fourth-order valence-electron chi connectivity index (χ4n) is 3.81. The first-order valence-corrected chi connectivity index (χ1v) is 8.73. The maximum atomic E-state index is 12.5. The molecule has 7 heteroatoms. The Labute approximate surface area is 126 Å². The zero-order chi connectivity index (χ0) is 14.4. The minimum absolute atomic E-state index is 0.156. The van der Waals surface area contributed by atoms with E-state index in [1.165, 1.54) is 11.5 Å². The van der Waals surface area contributed by atoms with Crippen LogP contribution < -0.4 is 5.76 Å². The lowest BCUT2D eigenvalue weighted by molar-refractivity contribution is -0.143. The summed E-state index contributed by atoms with van der Waals surface area (Å²) < 4.78 is 5.02. The van der Waals surface area contributed by atoms with Crippen LogP contribution in [-0.4, -0.2) is 45.6 Å². The molecule has 3 fully saturated rings. The van der Waals surface area contributed by atoms with E-state index in [1.54, 1.807) is 0 Å². The molecule has 21 heavy (non-hydrogen) atoms. The highest BCUT2D eigenvalue weighted by Crippen LogP contribution is 2.56. The average molecular weight is 309 g/mol. The number of aromatic amines is 1. The average Bonchev–Trinajstić information content (AvgIpc) is 2.82. The number of aromatic nitrogens is 2. The van der Waals surface area contributed by atoms with E-state index in [0.29, 0.717) is 17.2 Å². The number of rotatable bonds is 2. The zero-order valence-corrected chi connectivity index (χ0v) is 12.7. The van der Waals surface area contributed by atoms with Gasteiger partial charge in [0, 0.05) is 24.9 Å². The number of amides is 1. The van der Waals surface area contributed by atoms with Gasteiger partial charge in [-0.05, 0) is 42.6 Å². The molecular formula is C14H19N3O3S. The Hall–Kier alpha value is -1.24. The Morgan fingerprint density at radius 3 is 2.57 bits per heavy atom. The largest absolute Gasteiger partial charge is 0.434 e. The van der Waals surface area contributed by atoms with Gasteiger partial charge < -0.3 is 9.32 Å². The third-order valence-corrected chi connectivity index (χ3v) is 6.77. The summed E-state index contributed by atoms with van der Waals surface area (Å²) in [4.78, 5) is 25.5. The van der Waals surface area contributed by atoms with Crippen LogP contribution in [0.15, 0.2) is 9.21 Å². The van der Waals surface area contributed by atoms with Crippen molar-refractivity contribution in [3.05, 3.63) is 16.4 Å². The number of hydrogen-bond donors (Lipinski definition) is 1. The fraction of sp³-hybridized carbons (Fsp3) is 0.786. The number of likely N-dealkylation sites (tertiary alicyclic amines) is 1. The van der Waals surface area contributed by atoms with Crippen LogP contribution in [0.2, 0.25) is 0 Å². The molecule has 1 aromatic rings. The number of thioether (sulfide) groups is 1. The van der Waals surface area contributed by atoms with Crippen LogP contribution in [0.1, 0.15) is 37.5 Å². The van der Waals surface area contributed by atoms with Crippen molar-refractivity contribution in [1.29, 1.82) is 0 Å². The Morgan fingerprint density at radius 1 is 1.33 bits per heavy atom. The van der Waals surface area contributed by atoms with E-state index in [2.05, 4.69) is 10.2 Å². The lowest BCUT2D eigenvalue weighted by atomic mass is 9.63. The Balaban J connectivity index is 1.31. The van der Waals surface area contributed by atoms with Crippen molar-refractivity contribution in [3.63, 3.8) is 0 Å². The van der Waals surface area contributed by atoms with Crippen LogP contribution in [0, 0.1) is 11.3 Å². The van der Waals surface area contributed by atoms with E-state index in [0.717, 1.165) is 38.8 Å². The second kappa shape index (κ2) is 4.90. The highest BCUT2D eigenvalue weighted by molar-refractivity contribution is 8.00. The highest BCUT2D eigenvalue weighted by Gasteiger charge is 2.52. The molecule has 1 N–H and O–H groups in total. The lowest BCUT2D eigenvalue weighted by Crippen LogP contribution is -2.53. The molecule has 1 saturated carbocycles. The van der Waals surface area contributed by atoms with Crippen molar-refractivity contribution in [2.24, 2.45) is 11.3 Å². The van der Waals surface area contributed by atoms with Gasteiger partial charge in [0.25, 0.3) is 0 Å². The monoisotopic (exact) mass is 309 g/mol. The third kappa shape index (κ3) is 2.31. The number of nitrogens with zero attached hydrogens (tertiary/aromatic N) is 2. The zero-order valence-electron chi connectivity index (χ0n) is 11.8. The van der Waals surface area contributed by atoms with Gasteiger partial charge >= 0.3 is 5.76 Å². The van der Waals surface area contributed by atoms with Gasteiger partial charge in [0.1, 0.15) is 0 Å². The van der Waals surface area contributed by atoms with Crippen molar-refractivity contribution in [2.45, 2.75) is 31.6 Å². The minimum Gasteiger partial charge on any atom is -0.392 e. The number of carbonyl (C=O) groups is 1. The molecule has 3 heterocycles. The summed E-state index contributed by atoms with van der Waals surface area (Å²) in [5.41, 5.74) is 0.516. The lowest BCUT2D eigenvalue weighted by Gasteiger charge is -2.53. The van der Waals surface area contributed by atoms with Crippen LogP contribution in [0.25, 0.3) is 0 Å². The van der Waals surface area contributed by atoms with E-state index in [4.69, 9.17) is 4.42 Å². The van der Waals surface area contributed by atoms with Crippen LogP contribution in [0.5, 0.6) is 0 Å². The van der Waals surface area contributed by atoms with Gasteiger partial charge in [-0.15, -0.1) is 5.10 Å². The van der Waals surface area contributed by atoms with E-state index < -0.39 is 5.76 Å². The van der Waals surface area contributed by atoms with Crippen molar-refractivity contribution in [1.82, 2.24) is 15.1 Å². The molecule has 114 valence electrons. The Kier molecular flexibility index (Phi) is 3.13. The Morgan fingerprint density at radius 2 is 2.05 bits per heavy atom. The van der Waals surface area contributed by atoms with Gasteiger partial charge in [-0.25, -0.2) is 9.89 Å². The molecule has 2 aliphatic heterocycles. The molecule has 0 atom stereocenters. The standard InChI is InChI=1S/C14H19N3O3S/c18-12(10-5-14(6-10)7-21-8-14)17-3-1-9(2-4-17)11-15-16-13(19)20-11/h9-10H,1-8H2,(H,16,19). The quantitative estimate of drug-likeness (QED) is 0.888. The van der Waals surface area contributed by atoms with Crippen LogP contribution in [0.3, 0.4) is 0 Å². The van der Waals surface area contributed by atoms with Crippen molar-refractivity contribution in [2.75, 3.05) is 24.6 Å². The molecule has 1 aliphatic carbocycles. The summed E-state index contributed by atoms with van der Waals surface area (Å²) in [5.74, 6) is 3.23. The summed E-state index contributed by atoms with van der Waals surface area (Å²) in [6.07, 6.45) is 3.83. The first-order valence-electron chi connectivity index (χ1n) is 7.57. The smallest absolute Gasteiger partial charge is 0.392 e. The normalized spacial score (nSPS) is 25.6. The predicted octanol–water partition coefficient (Wildman–Crippen LogP) is 1.21. The molecule has 4 rings (SSSR count). The fourth-order valence-corrected chi connectivity index (χ4v) is 5.06. The summed E-state index contributed by atoms with van der Waals surface area (Å²) in [5, 5.41) is 6.20. The Bertz CT molecular complexity index is 591. The van der Waals surface area contributed by atoms with Crippen LogP contribution in [-0.2, 0) is 4.79 Å². The van der Waals surface area contributed by atoms with Gasteiger partial charge in [0.15, 0.2) is 0 Å². The predicted molar refractivity (Wildman–Crippen MR) is 78.2 cm³/mol. The van der Waals surface area contributed by atoms with Crippen molar-refractivity contribution < 1.29 is 9.21 Å². The molecule has 0 aromatic carbocycles. The first-order chi connectivity index (χ1) is 10.2. The van der Waals surface area contributed by atoms with E-state index in [1.807, 2.05) is 16.7 Å². The number of nitrogens with one attached hydrogen (secondary N) is 1. The SMILES string of the molecule is O=C(C1CC2(CSC2)C1)N1CCC(c2n[nH]c(=O)o2)CC1. The second-order valence-electron chi connectivity index (χ2n) is 6.65. The number of hydrogen-bond acceptors (Lipinski definition) is 5. The maximum absolute atomic E-state index is 12.5. The molecule has 1 spiro atoms. The van der Waals surface area contributed by atoms with Crippen LogP contribution in [0.4, 0.5) is 0 Å². The molecule has 0 unspecified atom stereocenters. The van der Waals surface area contributed by atoms with Gasteiger partial charge in [-0.1, -0.05) is 0 Å². The van der Waals surface area contributed by atoms with Crippen molar-refractivity contribution >= 4 is 17.7 Å². The maximum Gasteiger partial charge on any atom is 0.434 e. The highest BCUT2D eigenvalue weighted by atomic mass is 32.2. The van der Waals surface area contributed by atoms with E-state index >= 15 is 0 Å². The molecule has 3 aliphatic rings. The summed E-state index contributed by atoms with van der Waals surface area (Å²) in [6.45, 7) is 1.50. The molecular weight excluding hydrogens is 290 g/mol. The van der Waals surface area contributed by atoms with Gasteiger partial charge in [-0.2, -0.15) is 11.8 Å². The topological polar surface area (TPSA) is 79.2 Å². The molecule has 1 aromatic heterocycles. The summed E-state index contributed by atoms with van der Waals surface area (Å²) in [7, 11) is 0. The van der Waals surface area contributed by atoms with Gasteiger partial charge in [-0.3, -0.25) is 4.79 Å². The molecule has 6 nitrogen and oxygen atoms in total. The molecule has 0 radical (unpaired) electrons.